The summed E-state index contributed by atoms with van der Waals surface area (Å²) in [7, 11) is 1.34. The van der Waals surface area contributed by atoms with Gasteiger partial charge in [0.15, 0.2) is 11.6 Å². The molecule has 2 saturated carbocycles. The maximum absolute atomic E-state index is 14.8. The molecule has 4 aromatic carbocycles. The third-order valence-electron chi connectivity index (χ3n) is 21.8. The highest BCUT2D eigenvalue weighted by Gasteiger charge is 2.34. The minimum atomic E-state index is -0.511. The van der Waals surface area contributed by atoms with Crippen LogP contribution < -0.4 is 5.32 Å². The van der Waals surface area contributed by atoms with Gasteiger partial charge in [0.1, 0.15) is 0 Å². The summed E-state index contributed by atoms with van der Waals surface area (Å²) in [5.41, 5.74) is 13.0. The molecule has 0 saturated heterocycles. The molecule has 18 rings (SSSR count). The zero-order valence-corrected chi connectivity index (χ0v) is 73.4. The molecule has 1 N–H and O–H groups in total. The van der Waals surface area contributed by atoms with Crippen LogP contribution in [0.1, 0.15) is 179 Å². The van der Waals surface area contributed by atoms with Crippen molar-refractivity contribution < 1.29 is 52.3 Å². The Kier molecular flexibility index (Phi) is 32.8. The predicted octanol–water partition coefficient (Wildman–Crippen LogP) is 8.94. The molecule has 1 amide bonds. The number of nitrogens with one attached hydrogen (secondary N) is 1. The monoisotopic (exact) mass is 1850 g/mol. The van der Waals surface area contributed by atoms with Crippen LogP contribution in [0.5, 0.6) is 0 Å². The fourth-order valence-corrected chi connectivity index (χ4v) is 15.9. The van der Waals surface area contributed by atoms with Gasteiger partial charge in [-0.05, 0) is 132 Å². The van der Waals surface area contributed by atoms with Crippen LogP contribution in [0.2, 0.25) is 0 Å². The summed E-state index contributed by atoms with van der Waals surface area (Å²) >= 11 is 6.54. The van der Waals surface area contributed by atoms with E-state index in [-0.39, 0.29) is 37.0 Å². The molecule has 8 aromatic heterocycles. The molecule has 2 fully saturated rings. The first kappa shape index (κ1) is 91.1. The van der Waals surface area contributed by atoms with Crippen molar-refractivity contribution >= 4 is 55.3 Å². The molecule has 126 heavy (non-hydrogen) atoms. The Morgan fingerprint density at radius 1 is 0.373 bits per heavy atom. The van der Waals surface area contributed by atoms with Crippen molar-refractivity contribution in [3.8, 4) is 45.5 Å². The Balaban J connectivity index is 0.000000178. The third kappa shape index (κ3) is 24.8. The van der Waals surface area contributed by atoms with Crippen molar-refractivity contribution in [2.45, 2.75) is 156 Å². The van der Waals surface area contributed by atoms with Crippen molar-refractivity contribution in [1.29, 1.82) is 0 Å². The lowest BCUT2D eigenvalue weighted by Gasteiger charge is -2.42. The first-order valence-electron chi connectivity index (χ1n) is 42.3. The highest BCUT2D eigenvalue weighted by atomic mass is 79.9. The number of halogens is 2. The van der Waals surface area contributed by atoms with Gasteiger partial charge in [0.25, 0.3) is 5.91 Å². The number of ketones is 2. The van der Waals surface area contributed by atoms with Crippen LogP contribution in [0.3, 0.4) is 0 Å². The van der Waals surface area contributed by atoms with Crippen LogP contribution in [0, 0.1) is 0 Å². The number of fused-ring (bicyclic) bond motifs is 26. The van der Waals surface area contributed by atoms with Gasteiger partial charge in [-0.3, -0.25) is 24.2 Å². The largest absolute Gasteiger partial charge is 0.465 e. The minimum absolute atomic E-state index is 0. The number of hydrogen-bond acceptors (Lipinski definition) is 30. The second-order valence-corrected chi connectivity index (χ2v) is 32.6. The summed E-state index contributed by atoms with van der Waals surface area (Å²) in [6, 6.07) is 22.5. The van der Waals surface area contributed by atoms with Gasteiger partial charge < -0.3 is 43.4 Å². The fourth-order valence-electron chi connectivity index (χ4n) is 15.5. The van der Waals surface area contributed by atoms with E-state index in [9.17, 15) is 19.2 Å². The Bertz CT molecular complexity index is 5260. The molecule has 0 radical (unpaired) electrons. The number of amides is 1. The lowest BCUT2D eigenvalue weighted by Crippen LogP contribution is -2.48. The highest BCUT2D eigenvalue weighted by molar-refractivity contribution is 9.09. The number of nitrogens with zero attached hydrogens (tertiary/aromatic N) is 27. The standard InChI is InChI=1S/C40H46N14O2.C36H40N14O6.C8H16Br2O3.CH4/c1-27(55)28-15-36-19-37(16-28)52-25-32(44-48-52)21-41-22-33-26-53(49-45-33)39-18-29(40(56)54(34-11-4-2-5-12-34)35-13-6-3-7-14-35)17-38(20-39)51-24-31(43-47-51)10-8-9-30-23-50(36)46-42-30;1-25(51)26-11-32-15-33(12-26)48-22-29(38-42-48)18-46-4-6-55-8-10-56-9-7-54-5-3-45(17-28-21-47(32)41-37-28)19-30-23-49(43-39-30)34-13-27(36(52)53-2)14-35(16-34)50-24-31(20-46)40-44-50;9-1-3-11-5-7-13-8-6-12-4-2-10;/h15-20,23-26,34-35,41H,2-14,21-22H2,1H3;11-16,21-24H,3-10,17-20H2,1-2H3;1-8H2;1H4. The lowest BCUT2D eigenvalue weighted by molar-refractivity contribution is 0.00560. The van der Waals surface area contributed by atoms with Gasteiger partial charge in [0, 0.05) is 91.8 Å². The van der Waals surface area contributed by atoms with Crippen molar-refractivity contribution in [1.82, 2.24) is 140 Å². The first-order valence-corrected chi connectivity index (χ1v) is 44.6. The predicted molar refractivity (Wildman–Crippen MR) is 466 cm³/mol. The fraction of sp³-hybridized carbons (Fsp3) is 0.482. The van der Waals surface area contributed by atoms with Crippen LogP contribution in [-0.4, -0.2) is 280 Å². The average Bonchev–Trinajstić information content (AvgIpc) is 1.68. The number of carbonyl (C=O) groups is 4. The van der Waals surface area contributed by atoms with Crippen LogP contribution in [0.25, 0.3) is 45.5 Å². The molecule has 4 aliphatic heterocycles. The zero-order valence-electron chi connectivity index (χ0n) is 70.3. The zero-order chi connectivity index (χ0) is 86.2. The van der Waals surface area contributed by atoms with Gasteiger partial charge in [-0.1, -0.05) is 120 Å². The van der Waals surface area contributed by atoms with Crippen molar-refractivity contribution in [3.63, 3.8) is 0 Å². The lowest BCUT2D eigenvalue weighted by atomic mass is 9.88. The molecule has 26 bridgehead atoms. The van der Waals surface area contributed by atoms with Crippen molar-refractivity contribution in [2.24, 2.45) is 0 Å². The van der Waals surface area contributed by atoms with E-state index in [1.165, 1.54) is 33.8 Å². The van der Waals surface area contributed by atoms with Crippen molar-refractivity contribution in [3.05, 3.63) is 190 Å². The summed E-state index contributed by atoms with van der Waals surface area (Å²) in [4.78, 5) is 59.3. The second-order valence-electron chi connectivity index (χ2n) is 31.0. The van der Waals surface area contributed by atoms with Crippen LogP contribution >= 0.6 is 31.9 Å². The van der Waals surface area contributed by atoms with E-state index >= 15 is 0 Å². The normalized spacial score (nSPS) is 16.8. The molecule has 12 aromatic rings. The van der Waals surface area contributed by atoms with E-state index in [2.05, 4.69) is 134 Å². The Labute approximate surface area is 745 Å². The van der Waals surface area contributed by atoms with Crippen LogP contribution in [0.15, 0.2) is 122 Å². The van der Waals surface area contributed by atoms with Gasteiger partial charge >= 0.3 is 5.97 Å². The summed E-state index contributed by atoms with van der Waals surface area (Å²) in [5.74, 6) is -0.610. The van der Waals surface area contributed by atoms with Crippen LogP contribution in [0.4, 0.5) is 0 Å². The SMILES string of the molecule is BrCCOCCOCCOCCBr.C.CC(=O)c1cc2cc(c1)-n1cc(nn1)CNCc1cn(nn1)-c1cc(C(=O)N(C3CCCCC3)C3CCCCC3)cc(c1)-n1cc(nn1)CCCc1cn-2nn1.COC(=O)c1cc2cc(c1)-n1cc(nn1)CN1CCOCCOCCOCCN(Cc3cn(nn3)-c3cc(C(C)=O)cc(c3)-n3cc(nn3)C1)Cc1cn-2nn1. The number of ether oxygens (including phenoxy) is 7. The summed E-state index contributed by atoms with van der Waals surface area (Å²) in [6.45, 7) is 13.2. The number of carbonyl (C=O) groups excluding carboxylic acids is 4. The molecule has 12 heterocycles. The van der Waals surface area contributed by atoms with Gasteiger partial charge in [0.05, 0.1) is 233 Å². The molecule has 2 unspecified atom stereocenters. The number of Topliss-reactive ketones (excluding diaryl/α,β-unsaturated/α-hetero) is 2. The van der Waals surface area contributed by atoms with E-state index in [0.717, 1.165) is 110 Å². The molecular formula is C85H106Br2N28O11. The van der Waals surface area contributed by atoms with E-state index in [4.69, 9.17) is 33.2 Å². The molecule has 2 atom stereocenters. The molecular weight excluding hydrogens is 1750 g/mol. The van der Waals surface area contributed by atoms with Gasteiger partial charge in [0.2, 0.25) is 0 Å². The number of benzene rings is 4. The quantitative estimate of drug-likeness (QED) is 0.0310. The number of aromatic nitrogens is 24. The first-order chi connectivity index (χ1) is 61.2. The Morgan fingerprint density at radius 2 is 0.659 bits per heavy atom. The molecule has 666 valence electrons. The minimum Gasteiger partial charge on any atom is -0.465 e. The topological polar surface area (TPSA) is 400 Å². The number of alkyl halides is 2. The van der Waals surface area contributed by atoms with Crippen molar-refractivity contribution in [2.75, 3.05) is 110 Å². The average molecular weight is 1860 g/mol. The number of aryl methyl sites for hydroxylation is 2. The van der Waals surface area contributed by atoms with E-state index in [1.54, 1.807) is 73.9 Å². The number of rotatable bonds is 16. The Morgan fingerprint density at radius 3 is 0.984 bits per heavy atom. The molecule has 39 nitrogen and oxygen atoms in total. The van der Waals surface area contributed by atoms with Crippen LogP contribution in [-0.2, 0) is 85.3 Å². The maximum Gasteiger partial charge on any atom is 0.338 e. The smallest absolute Gasteiger partial charge is 0.338 e. The summed E-state index contributed by atoms with van der Waals surface area (Å²) in [5, 5.41) is 76.3. The molecule has 0 spiro atoms. The highest BCUT2D eigenvalue weighted by Crippen LogP contribution is 2.34. The Hall–Kier alpha value is -11.1. The summed E-state index contributed by atoms with van der Waals surface area (Å²) < 4.78 is 51.7. The molecule has 2 aliphatic carbocycles. The van der Waals surface area contributed by atoms with Gasteiger partial charge in [-0.2, -0.15) is 0 Å². The molecule has 6 aliphatic rings. The van der Waals surface area contributed by atoms with Gasteiger partial charge in [-0.25, -0.2) is 42.2 Å². The number of methoxy groups -OCH3 is 1. The van der Waals surface area contributed by atoms with E-state index in [1.807, 2.05) is 86.0 Å². The van der Waals surface area contributed by atoms with E-state index in [0.29, 0.717) is 216 Å². The third-order valence-corrected chi connectivity index (χ3v) is 22.4. The van der Waals surface area contributed by atoms with E-state index < -0.39 is 5.97 Å². The van der Waals surface area contributed by atoms with Gasteiger partial charge in [-0.15, -0.1) is 40.8 Å². The second kappa shape index (κ2) is 45.3. The summed E-state index contributed by atoms with van der Waals surface area (Å²) in [6.07, 6.45) is 28.3. The molecule has 41 heteroatoms. The number of hydrogen-bond donors (Lipinski definition) is 1. The maximum atomic E-state index is 14.8. The number of esters is 1.